The first-order valence-electron chi connectivity index (χ1n) is 0.756. The molecule has 0 saturated heterocycles. The molecule has 0 radical (unpaired) electrons. The van der Waals surface area contributed by atoms with Gasteiger partial charge in [0, 0.05) is 0 Å². The molecular weight excluding hydrogens is 242 g/mol. The Morgan fingerprint density at radius 2 is 1.60 bits per heavy atom. The minimum absolute atomic E-state index is 2.43. The van der Waals surface area contributed by atoms with Crippen LogP contribution < -0.4 is 0 Å². The molecule has 5 heteroatoms. The normalized spacial score (nSPS) is 12.0. The molecule has 0 atom stereocenters. The van der Waals surface area contributed by atoms with Gasteiger partial charge in [-0.2, -0.15) is 0 Å². The Morgan fingerprint density at radius 1 is 1.60 bits per heavy atom. The van der Waals surface area contributed by atoms with Crippen molar-refractivity contribution in [2.45, 2.75) is 0 Å². The van der Waals surface area contributed by atoms with Gasteiger partial charge in [0.25, 0.3) is 0 Å². The molecule has 0 aromatic heterocycles. The van der Waals surface area contributed by atoms with Crippen molar-refractivity contribution in [3.05, 3.63) is 0 Å². The molecule has 5 heavy (non-hydrogen) atoms. The molecule has 0 fully saturated rings. The monoisotopic (exact) mass is 242 g/mol. The fourth-order valence-electron chi connectivity index (χ4n) is 0. The molecule has 0 aromatic rings. The second-order valence-electron chi connectivity index (χ2n) is 0.429. The van der Waals surface area contributed by atoms with Crippen molar-refractivity contribution in [1.29, 1.82) is 0 Å². The van der Waals surface area contributed by atoms with Crippen molar-refractivity contribution in [2.75, 3.05) is 0 Å². The third kappa shape index (κ3) is 29.4. The van der Waals surface area contributed by atoms with E-state index < -0.39 is 10.0 Å². The van der Waals surface area contributed by atoms with Crippen LogP contribution in [0, 0.1) is 0 Å². The first-order valence-corrected chi connectivity index (χ1v) is 12.0. The molecule has 32 valence electrons. The Bertz CT molecular complexity index is 25.1. The van der Waals surface area contributed by atoms with Crippen molar-refractivity contribution < 1.29 is 3.50 Å². The van der Waals surface area contributed by atoms with Crippen molar-refractivity contribution >= 4 is 44.1 Å². The second kappa shape index (κ2) is 2.00. The summed E-state index contributed by atoms with van der Waals surface area (Å²) in [5.74, 6) is 0. The van der Waals surface area contributed by atoms with Gasteiger partial charge in [-0.15, -0.1) is 0 Å². The van der Waals surface area contributed by atoms with Gasteiger partial charge in [0.1, 0.15) is 0 Å². The summed E-state index contributed by atoms with van der Waals surface area (Å²) in [6.45, 7) is 0. The molecule has 0 aromatic carbocycles. The maximum atomic E-state index is 11.3. The van der Waals surface area contributed by atoms with E-state index in [2.05, 4.69) is 14.0 Å². The quantitative estimate of drug-likeness (QED) is 0.572. The molecule has 0 unspecified atom stereocenters. The van der Waals surface area contributed by atoms with E-state index in [1.165, 1.54) is 0 Å². The molecule has 0 saturated carbocycles. The molecular formula is BrCl2FGe. The van der Waals surface area contributed by atoms with Gasteiger partial charge in [0.2, 0.25) is 0 Å². The SMILES string of the molecule is [F][Ge]([Cl])([Cl])[Br]. The molecule has 0 aliphatic carbocycles. The van der Waals surface area contributed by atoms with Crippen molar-refractivity contribution in [1.82, 2.24) is 0 Å². The second-order valence-corrected chi connectivity index (χ2v) is 19.1. The van der Waals surface area contributed by atoms with Gasteiger partial charge in [-0.3, -0.25) is 0 Å². The summed E-state index contributed by atoms with van der Waals surface area (Å²) in [5, 5.41) is 0. The van der Waals surface area contributed by atoms with Crippen LogP contribution in [0.15, 0.2) is 0 Å². The summed E-state index contributed by atoms with van der Waals surface area (Å²) in [5.41, 5.74) is 0. The molecule has 0 aliphatic rings. The molecule has 0 N–H and O–H groups in total. The fourth-order valence-corrected chi connectivity index (χ4v) is 0. The van der Waals surface area contributed by atoms with Crippen LogP contribution in [-0.2, 0) is 0 Å². The average molecular weight is 242 g/mol. The van der Waals surface area contributed by atoms with E-state index in [0.717, 1.165) is 0 Å². The third-order valence-corrected chi connectivity index (χ3v) is 0. The van der Waals surface area contributed by atoms with E-state index in [-0.39, 0.29) is 0 Å². The van der Waals surface area contributed by atoms with Crippen LogP contribution >= 0.6 is 34.0 Å². The molecule has 0 bridgehead atoms. The van der Waals surface area contributed by atoms with Crippen LogP contribution in [0.5, 0.6) is 0 Å². The van der Waals surface area contributed by atoms with Crippen molar-refractivity contribution in [3.63, 3.8) is 0 Å². The number of halogens is 4. The van der Waals surface area contributed by atoms with Gasteiger partial charge in [-0.05, 0) is 0 Å². The van der Waals surface area contributed by atoms with Crippen LogP contribution in [-0.4, -0.2) is 10.0 Å². The Hall–Kier alpha value is 1.53. The summed E-state index contributed by atoms with van der Waals surface area (Å²) in [4.78, 5) is 0. The van der Waals surface area contributed by atoms with Crippen LogP contribution in [0.25, 0.3) is 0 Å². The number of rotatable bonds is 0. The Labute approximate surface area is 47.5 Å². The van der Waals surface area contributed by atoms with Crippen molar-refractivity contribution in [3.8, 4) is 0 Å². The van der Waals surface area contributed by atoms with Crippen LogP contribution in [0.2, 0.25) is 0 Å². The van der Waals surface area contributed by atoms with Gasteiger partial charge < -0.3 is 0 Å². The van der Waals surface area contributed by atoms with E-state index in [9.17, 15) is 3.50 Å². The topological polar surface area (TPSA) is 0 Å². The zero-order valence-corrected chi connectivity index (χ0v) is 7.21. The molecule has 0 heterocycles. The van der Waals surface area contributed by atoms with E-state index >= 15 is 0 Å². The summed E-state index contributed by atoms with van der Waals surface area (Å²) < 4.78 is 11.3. The zero-order valence-electron chi connectivity index (χ0n) is 2.01. The maximum absolute atomic E-state index is 11.3. The van der Waals surface area contributed by atoms with Crippen molar-refractivity contribution in [2.24, 2.45) is 0 Å². The van der Waals surface area contributed by atoms with E-state index in [0.29, 0.717) is 0 Å². The van der Waals surface area contributed by atoms with Gasteiger partial charge >= 0.3 is 47.6 Å². The average Bonchev–Trinajstić information content (AvgIpc) is 0.722. The number of hydrogen-bond acceptors (Lipinski definition) is 0. The number of hydrogen-bond donors (Lipinski definition) is 0. The van der Waals surface area contributed by atoms with Gasteiger partial charge in [0.05, 0.1) is 0 Å². The van der Waals surface area contributed by atoms with E-state index in [1.54, 1.807) is 0 Å². The summed E-state index contributed by atoms with van der Waals surface area (Å²) in [6, 6.07) is 0. The molecule has 0 spiro atoms. The van der Waals surface area contributed by atoms with E-state index in [4.69, 9.17) is 20.0 Å². The van der Waals surface area contributed by atoms with Crippen LogP contribution in [0.4, 0.5) is 3.50 Å². The minimum atomic E-state index is -3.74. The standard InChI is InChI=1S/BrCl2FGe/c1-5(2,3)4. The third-order valence-electron chi connectivity index (χ3n) is 0. The zero-order chi connectivity index (χ0) is 4.50. The molecule has 0 aliphatic heterocycles. The predicted molar refractivity (Wildman–Crippen MR) is 27.5 cm³/mol. The predicted octanol–water partition coefficient (Wildman–Crippen LogP) is 2.26. The van der Waals surface area contributed by atoms with E-state index in [1.807, 2.05) is 0 Å². The van der Waals surface area contributed by atoms with Gasteiger partial charge in [0.15, 0.2) is 0 Å². The molecule has 0 amide bonds. The summed E-state index contributed by atoms with van der Waals surface area (Å²) >= 11 is 2.43. The Balaban J connectivity index is 3.02. The summed E-state index contributed by atoms with van der Waals surface area (Å²) in [7, 11) is 5.72. The molecule has 0 nitrogen and oxygen atoms in total. The molecule has 0 rings (SSSR count). The van der Waals surface area contributed by atoms with Crippen LogP contribution in [0.3, 0.4) is 0 Å². The fraction of sp³-hybridized carbons (Fsp3) is 0. The van der Waals surface area contributed by atoms with Gasteiger partial charge in [-0.1, -0.05) is 0 Å². The van der Waals surface area contributed by atoms with Gasteiger partial charge in [-0.25, -0.2) is 0 Å². The Morgan fingerprint density at radius 3 is 1.60 bits per heavy atom. The first kappa shape index (κ1) is 6.53. The van der Waals surface area contributed by atoms with Crippen LogP contribution in [0.1, 0.15) is 0 Å². The first-order chi connectivity index (χ1) is 2.00. The Kier molecular flexibility index (Phi) is 2.62. The summed E-state index contributed by atoms with van der Waals surface area (Å²) in [6.07, 6.45) is 0.